The molecule has 1 atom stereocenters. The Bertz CT molecular complexity index is 787. The zero-order valence-electron chi connectivity index (χ0n) is 15.5. The molecule has 25 heavy (non-hydrogen) atoms. The molecule has 0 amide bonds. The summed E-state index contributed by atoms with van der Waals surface area (Å²) in [5.41, 5.74) is 5.11. The molecule has 1 aromatic heterocycles. The number of hydrogen-bond acceptors (Lipinski definition) is 1. The van der Waals surface area contributed by atoms with Crippen LogP contribution < -0.4 is 0 Å². The van der Waals surface area contributed by atoms with Crippen LogP contribution in [0.25, 0.3) is 11.3 Å². The summed E-state index contributed by atoms with van der Waals surface area (Å²) in [6.45, 7) is 6.66. The Morgan fingerprint density at radius 3 is 2.36 bits per heavy atom. The molecule has 0 radical (unpaired) electrons. The fourth-order valence-electron chi connectivity index (χ4n) is 3.20. The summed E-state index contributed by atoms with van der Waals surface area (Å²) in [7, 11) is 0. The third-order valence-corrected chi connectivity index (χ3v) is 4.71. The van der Waals surface area contributed by atoms with E-state index in [1.807, 2.05) is 4.68 Å². The lowest BCUT2D eigenvalue weighted by molar-refractivity contribution is 0.530. The van der Waals surface area contributed by atoms with Crippen molar-refractivity contribution < 1.29 is 0 Å². The Hall–Kier alpha value is -2.35. The highest BCUT2D eigenvalue weighted by molar-refractivity contribution is 5.59. The van der Waals surface area contributed by atoms with Gasteiger partial charge in [0.05, 0.1) is 5.69 Å². The zero-order valence-corrected chi connectivity index (χ0v) is 15.5. The van der Waals surface area contributed by atoms with E-state index in [4.69, 9.17) is 5.10 Å². The maximum Gasteiger partial charge on any atom is 0.0923 e. The number of hydrogen-bond donors (Lipinski definition) is 0. The lowest BCUT2D eigenvalue weighted by atomic mass is 9.93. The number of aromatic nitrogens is 2. The minimum Gasteiger partial charge on any atom is -0.270 e. The highest BCUT2D eigenvalue weighted by Crippen LogP contribution is 2.22. The van der Waals surface area contributed by atoms with E-state index >= 15 is 0 Å². The van der Waals surface area contributed by atoms with Gasteiger partial charge in [-0.15, -0.1) is 0 Å². The second-order valence-electron chi connectivity index (χ2n) is 7.31. The van der Waals surface area contributed by atoms with Crippen molar-refractivity contribution in [2.45, 2.75) is 46.1 Å². The molecule has 0 bridgehead atoms. The van der Waals surface area contributed by atoms with Crippen molar-refractivity contribution >= 4 is 0 Å². The van der Waals surface area contributed by atoms with Crippen molar-refractivity contribution in [2.75, 3.05) is 0 Å². The van der Waals surface area contributed by atoms with Gasteiger partial charge >= 0.3 is 0 Å². The molecule has 2 heteroatoms. The first-order valence-corrected chi connectivity index (χ1v) is 9.30. The van der Waals surface area contributed by atoms with Crippen LogP contribution in [-0.2, 0) is 12.8 Å². The van der Waals surface area contributed by atoms with Crippen molar-refractivity contribution in [2.24, 2.45) is 5.92 Å². The molecule has 0 aliphatic rings. The van der Waals surface area contributed by atoms with Crippen LogP contribution in [0.4, 0.5) is 0 Å². The lowest BCUT2D eigenvalue weighted by Gasteiger charge is -2.12. The minimum absolute atomic E-state index is 0.398. The topological polar surface area (TPSA) is 17.8 Å². The van der Waals surface area contributed by atoms with Crippen LogP contribution >= 0.6 is 0 Å². The molecule has 0 saturated carbocycles. The van der Waals surface area contributed by atoms with Crippen LogP contribution in [-0.4, -0.2) is 9.78 Å². The molecule has 130 valence electrons. The van der Waals surface area contributed by atoms with Gasteiger partial charge in [-0.2, -0.15) is 5.10 Å². The van der Waals surface area contributed by atoms with Gasteiger partial charge in [0.25, 0.3) is 0 Å². The molecule has 3 aromatic rings. The Morgan fingerprint density at radius 2 is 1.64 bits per heavy atom. The van der Waals surface area contributed by atoms with Gasteiger partial charge in [0.15, 0.2) is 0 Å². The van der Waals surface area contributed by atoms with E-state index in [1.165, 1.54) is 23.1 Å². The van der Waals surface area contributed by atoms with Crippen molar-refractivity contribution in [3.8, 4) is 11.3 Å². The molecule has 0 fully saturated rings. The quantitative estimate of drug-likeness (QED) is 0.523. The van der Waals surface area contributed by atoms with E-state index in [9.17, 15) is 0 Å². The average Bonchev–Trinajstić information content (AvgIpc) is 3.12. The molecule has 0 saturated heterocycles. The van der Waals surface area contributed by atoms with Crippen molar-refractivity contribution in [1.82, 2.24) is 9.78 Å². The van der Waals surface area contributed by atoms with Crippen LogP contribution in [0.1, 0.15) is 44.4 Å². The standard InChI is InChI=1S/C23H28N2/c1-18(2)25-15-14-23(24-25)22-11-7-10-21(17-22)16-19(3)12-13-20-8-5-4-6-9-20/h4-11,14-15,17-19H,12-13,16H2,1-3H3. The van der Waals surface area contributed by atoms with Gasteiger partial charge in [-0.25, -0.2) is 0 Å². The summed E-state index contributed by atoms with van der Waals surface area (Å²) >= 11 is 0. The van der Waals surface area contributed by atoms with Gasteiger partial charge in [-0.05, 0) is 62.3 Å². The summed E-state index contributed by atoms with van der Waals surface area (Å²) in [4.78, 5) is 0. The summed E-state index contributed by atoms with van der Waals surface area (Å²) in [5.74, 6) is 0.670. The molecule has 0 spiro atoms. The molecule has 0 aliphatic heterocycles. The molecule has 3 rings (SSSR count). The minimum atomic E-state index is 0.398. The highest BCUT2D eigenvalue weighted by atomic mass is 15.3. The SMILES string of the molecule is CC(CCc1ccccc1)Cc1cccc(-c2ccn(C(C)C)n2)c1. The Morgan fingerprint density at radius 1 is 0.880 bits per heavy atom. The summed E-state index contributed by atoms with van der Waals surface area (Å²) in [6.07, 6.45) is 5.55. The van der Waals surface area contributed by atoms with Crippen molar-refractivity contribution in [1.29, 1.82) is 0 Å². The lowest BCUT2D eigenvalue weighted by Crippen LogP contribution is -2.02. The molecule has 1 unspecified atom stereocenters. The van der Waals surface area contributed by atoms with Gasteiger partial charge < -0.3 is 0 Å². The van der Waals surface area contributed by atoms with Crippen LogP contribution in [0, 0.1) is 5.92 Å². The number of nitrogens with zero attached hydrogens (tertiary/aromatic N) is 2. The van der Waals surface area contributed by atoms with E-state index < -0.39 is 0 Å². The fraction of sp³-hybridized carbons (Fsp3) is 0.348. The monoisotopic (exact) mass is 332 g/mol. The van der Waals surface area contributed by atoms with Gasteiger partial charge in [-0.1, -0.05) is 55.5 Å². The maximum absolute atomic E-state index is 4.69. The average molecular weight is 332 g/mol. The predicted octanol–water partition coefficient (Wildman–Crippen LogP) is 5.94. The van der Waals surface area contributed by atoms with Crippen LogP contribution in [0.5, 0.6) is 0 Å². The summed E-state index contributed by atoms with van der Waals surface area (Å²) < 4.78 is 2.02. The van der Waals surface area contributed by atoms with E-state index in [-0.39, 0.29) is 0 Å². The van der Waals surface area contributed by atoms with E-state index in [1.54, 1.807) is 0 Å². The molecule has 2 nitrogen and oxygen atoms in total. The third-order valence-electron chi connectivity index (χ3n) is 4.71. The van der Waals surface area contributed by atoms with E-state index in [0.29, 0.717) is 12.0 Å². The maximum atomic E-state index is 4.69. The van der Waals surface area contributed by atoms with Gasteiger partial charge in [0.1, 0.15) is 0 Å². The first-order chi connectivity index (χ1) is 12.1. The van der Waals surface area contributed by atoms with Gasteiger partial charge in [-0.3, -0.25) is 4.68 Å². The largest absolute Gasteiger partial charge is 0.270 e. The van der Waals surface area contributed by atoms with E-state index in [2.05, 4.69) is 87.6 Å². The van der Waals surface area contributed by atoms with Crippen LogP contribution in [0.15, 0.2) is 66.9 Å². The molecule has 1 heterocycles. The first-order valence-electron chi connectivity index (χ1n) is 9.30. The number of aryl methyl sites for hydroxylation is 1. The third kappa shape index (κ3) is 4.82. The Balaban J connectivity index is 1.62. The fourth-order valence-corrected chi connectivity index (χ4v) is 3.20. The molecular formula is C23H28N2. The predicted molar refractivity (Wildman–Crippen MR) is 106 cm³/mol. The smallest absolute Gasteiger partial charge is 0.0923 e. The van der Waals surface area contributed by atoms with E-state index in [0.717, 1.165) is 18.5 Å². The molecule has 0 aliphatic carbocycles. The first kappa shape index (κ1) is 17.5. The molecular weight excluding hydrogens is 304 g/mol. The van der Waals surface area contributed by atoms with Crippen LogP contribution in [0.3, 0.4) is 0 Å². The molecule has 0 N–H and O–H groups in total. The Labute approximate surface area is 151 Å². The van der Waals surface area contributed by atoms with Crippen molar-refractivity contribution in [3.63, 3.8) is 0 Å². The van der Waals surface area contributed by atoms with Gasteiger partial charge in [0, 0.05) is 17.8 Å². The summed E-state index contributed by atoms with van der Waals surface area (Å²) in [5, 5.41) is 4.69. The normalized spacial score (nSPS) is 12.5. The number of benzene rings is 2. The van der Waals surface area contributed by atoms with Gasteiger partial charge in [0.2, 0.25) is 0 Å². The summed E-state index contributed by atoms with van der Waals surface area (Å²) in [6, 6.07) is 22.1. The Kier molecular flexibility index (Phi) is 5.70. The highest BCUT2D eigenvalue weighted by Gasteiger charge is 2.08. The van der Waals surface area contributed by atoms with Crippen molar-refractivity contribution in [3.05, 3.63) is 78.0 Å². The van der Waals surface area contributed by atoms with Crippen LogP contribution in [0.2, 0.25) is 0 Å². The molecule has 2 aromatic carbocycles. The second-order valence-corrected chi connectivity index (χ2v) is 7.31. The number of rotatable bonds is 7. The second kappa shape index (κ2) is 8.15. The zero-order chi connectivity index (χ0) is 17.6.